The zero-order valence-corrected chi connectivity index (χ0v) is 17.1. The van der Waals surface area contributed by atoms with Crippen LogP contribution >= 0.6 is 0 Å². The fraction of sp³-hybridized carbons (Fsp3) is 0.409. The number of guanidine groups is 1. The molecular weight excluding hydrogens is 352 g/mol. The Morgan fingerprint density at radius 1 is 0.929 bits per heavy atom. The fourth-order valence-electron chi connectivity index (χ4n) is 2.51. The molecule has 2 N–H and O–H groups in total. The summed E-state index contributed by atoms with van der Waals surface area (Å²) in [7, 11) is 5.85. The zero-order chi connectivity index (χ0) is 20.0. The summed E-state index contributed by atoms with van der Waals surface area (Å²) in [6.07, 6.45) is 0.889. The SMILES string of the molecule is CN=C(NCCCOc1ccccc1)NCc1ccccc1OCCN(C)C. The van der Waals surface area contributed by atoms with Crippen molar-refractivity contribution in [3.63, 3.8) is 0 Å². The van der Waals surface area contributed by atoms with E-state index in [4.69, 9.17) is 9.47 Å². The minimum Gasteiger partial charge on any atom is -0.494 e. The number of rotatable bonds is 11. The van der Waals surface area contributed by atoms with Crippen molar-refractivity contribution in [2.45, 2.75) is 13.0 Å². The molecular formula is C22H32N4O2. The third-order valence-corrected chi connectivity index (χ3v) is 4.06. The third kappa shape index (κ3) is 8.31. The third-order valence-electron chi connectivity index (χ3n) is 4.06. The number of benzene rings is 2. The molecule has 0 aliphatic rings. The van der Waals surface area contributed by atoms with Crippen LogP contribution in [-0.2, 0) is 6.54 Å². The van der Waals surface area contributed by atoms with Crippen molar-refractivity contribution in [2.24, 2.45) is 4.99 Å². The number of ether oxygens (including phenoxy) is 2. The van der Waals surface area contributed by atoms with Crippen molar-refractivity contribution in [3.8, 4) is 11.5 Å². The maximum Gasteiger partial charge on any atom is 0.191 e. The molecule has 0 amide bonds. The number of para-hydroxylation sites is 2. The molecule has 0 saturated heterocycles. The minimum atomic E-state index is 0.651. The quantitative estimate of drug-likeness (QED) is 0.354. The highest BCUT2D eigenvalue weighted by Gasteiger charge is 2.05. The molecule has 2 aromatic carbocycles. The van der Waals surface area contributed by atoms with E-state index in [0.717, 1.165) is 42.5 Å². The number of aliphatic imine (C=N–C) groups is 1. The van der Waals surface area contributed by atoms with E-state index >= 15 is 0 Å². The number of hydrogen-bond acceptors (Lipinski definition) is 4. The molecule has 6 heteroatoms. The maximum atomic E-state index is 5.91. The first kappa shape index (κ1) is 21.6. The second-order valence-electron chi connectivity index (χ2n) is 6.63. The molecule has 0 fully saturated rings. The van der Waals surface area contributed by atoms with E-state index in [2.05, 4.69) is 26.6 Å². The first-order valence-corrected chi connectivity index (χ1v) is 9.67. The van der Waals surface area contributed by atoms with Crippen LogP contribution in [0.2, 0.25) is 0 Å². The van der Waals surface area contributed by atoms with Gasteiger partial charge in [0.25, 0.3) is 0 Å². The van der Waals surface area contributed by atoms with Crippen molar-refractivity contribution in [2.75, 3.05) is 47.4 Å². The first-order valence-electron chi connectivity index (χ1n) is 9.67. The molecule has 0 aliphatic heterocycles. The van der Waals surface area contributed by atoms with Crippen LogP contribution in [0.25, 0.3) is 0 Å². The Labute approximate surface area is 168 Å². The summed E-state index contributed by atoms with van der Waals surface area (Å²) in [5, 5.41) is 6.66. The Morgan fingerprint density at radius 3 is 2.43 bits per heavy atom. The molecule has 0 heterocycles. The Kier molecular flexibility index (Phi) is 9.72. The van der Waals surface area contributed by atoms with E-state index in [1.807, 2.05) is 62.6 Å². The van der Waals surface area contributed by atoms with Gasteiger partial charge in [0.15, 0.2) is 5.96 Å². The lowest BCUT2D eigenvalue weighted by atomic mass is 10.2. The highest BCUT2D eigenvalue weighted by Crippen LogP contribution is 2.17. The molecule has 6 nitrogen and oxygen atoms in total. The largest absolute Gasteiger partial charge is 0.494 e. The van der Waals surface area contributed by atoms with E-state index in [1.54, 1.807) is 7.05 Å². The van der Waals surface area contributed by atoms with Crippen molar-refractivity contribution < 1.29 is 9.47 Å². The highest BCUT2D eigenvalue weighted by molar-refractivity contribution is 5.79. The van der Waals surface area contributed by atoms with Gasteiger partial charge in [0.05, 0.1) is 6.61 Å². The van der Waals surface area contributed by atoms with Gasteiger partial charge in [-0.3, -0.25) is 4.99 Å². The van der Waals surface area contributed by atoms with Crippen molar-refractivity contribution in [1.29, 1.82) is 0 Å². The highest BCUT2D eigenvalue weighted by atomic mass is 16.5. The van der Waals surface area contributed by atoms with E-state index in [0.29, 0.717) is 19.8 Å². The van der Waals surface area contributed by atoms with Crippen LogP contribution in [0.1, 0.15) is 12.0 Å². The van der Waals surface area contributed by atoms with Gasteiger partial charge in [-0.25, -0.2) is 0 Å². The van der Waals surface area contributed by atoms with Crippen molar-refractivity contribution in [3.05, 3.63) is 60.2 Å². The molecule has 0 spiro atoms. The topological polar surface area (TPSA) is 58.1 Å². The summed E-state index contributed by atoms with van der Waals surface area (Å²) in [4.78, 5) is 6.39. The van der Waals surface area contributed by atoms with Gasteiger partial charge < -0.3 is 25.0 Å². The predicted molar refractivity (Wildman–Crippen MR) is 115 cm³/mol. The van der Waals surface area contributed by atoms with Crippen LogP contribution in [0, 0.1) is 0 Å². The van der Waals surface area contributed by atoms with Crippen molar-refractivity contribution >= 4 is 5.96 Å². The lowest BCUT2D eigenvalue weighted by Crippen LogP contribution is -2.37. The minimum absolute atomic E-state index is 0.651. The number of hydrogen-bond donors (Lipinski definition) is 2. The summed E-state index contributed by atoms with van der Waals surface area (Å²) < 4.78 is 11.6. The lowest BCUT2D eigenvalue weighted by molar-refractivity contribution is 0.259. The smallest absolute Gasteiger partial charge is 0.191 e. The van der Waals surface area contributed by atoms with Gasteiger partial charge >= 0.3 is 0 Å². The fourth-order valence-corrected chi connectivity index (χ4v) is 2.51. The van der Waals surface area contributed by atoms with E-state index in [1.165, 1.54) is 0 Å². The second kappa shape index (κ2) is 12.6. The summed E-state index contributed by atoms with van der Waals surface area (Å²) in [5.41, 5.74) is 1.11. The van der Waals surface area contributed by atoms with Crippen LogP contribution in [0.5, 0.6) is 11.5 Å². The Balaban J connectivity index is 1.70. The molecule has 152 valence electrons. The number of nitrogens with one attached hydrogen (secondary N) is 2. The number of nitrogens with zero attached hydrogens (tertiary/aromatic N) is 2. The summed E-state index contributed by atoms with van der Waals surface area (Å²) in [6, 6.07) is 17.9. The Hall–Kier alpha value is -2.73. The molecule has 0 aliphatic carbocycles. The van der Waals surface area contributed by atoms with Gasteiger partial charge in [-0.1, -0.05) is 36.4 Å². The van der Waals surface area contributed by atoms with Gasteiger partial charge in [0, 0.05) is 32.2 Å². The van der Waals surface area contributed by atoms with Gasteiger partial charge in [-0.15, -0.1) is 0 Å². The van der Waals surface area contributed by atoms with Crippen LogP contribution in [0.4, 0.5) is 0 Å². The average molecular weight is 385 g/mol. The first-order chi connectivity index (χ1) is 13.7. The van der Waals surface area contributed by atoms with E-state index in [-0.39, 0.29) is 0 Å². The summed E-state index contributed by atoms with van der Waals surface area (Å²) in [5.74, 6) is 2.57. The van der Waals surface area contributed by atoms with E-state index in [9.17, 15) is 0 Å². The van der Waals surface area contributed by atoms with Crippen LogP contribution in [-0.4, -0.2) is 58.3 Å². The zero-order valence-electron chi connectivity index (χ0n) is 17.1. The second-order valence-corrected chi connectivity index (χ2v) is 6.63. The molecule has 0 saturated carbocycles. The van der Waals surface area contributed by atoms with Gasteiger partial charge in [-0.2, -0.15) is 0 Å². The molecule has 28 heavy (non-hydrogen) atoms. The molecule has 0 atom stereocenters. The van der Waals surface area contributed by atoms with Gasteiger partial charge in [-0.05, 0) is 38.7 Å². The van der Waals surface area contributed by atoms with Gasteiger partial charge in [0.2, 0.25) is 0 Å². The predicted octanol–water partition coefficient (Wildman–Crippen LogP) is 2.76. The number of likely N-dealkylation sites (N-methyl/N-ethyl adjacent to an activating group) is 1. The van der Waals surface area contributed by atoms with Crippen LogP contribution in [0.3, 0.4) is 0 Å². The molecule has 0 bridgehead atoms. The lowest BCUT2D eigenvalue weighted by Gasteiger charge is -2.16. The Bertz CT molecular complexity index is 705. The molecule has 0 unspecified atom stereocenters. The van der Waals surface area contributed by atoms with Crippen LogP contribution < -0.4 is 20.1 Å². The standard InChI is InChI=1S/C22H32N4O2/c1-23-22(24-14-9-16-27-20-11-5-4-6-12-20)25-18-19-10-7-8-13-21(19)28-17-15-26(2)3/h4-8,10-13H,9,14-18H2,1-3H3,(H2,23,24,25). The van der Waals surface area contributed by atoms with E-state index < -0.39 is 0 Å². The summed E-state index contributed by atoms with van der Waals surface area (Å²) in [6.45, 7) is 3.65. The maximum absolute atomic E-state index is 5.91. The summed E-state index contributed by atoms with van der Waals surface area (Å²) >= 11 is 0. The molecule has 0 aromatic heterocycles. The molecule has 0 radical (unpaired) electrons. The molecule has 2 rings (SSSR count). The van der Waals surface area contributed by atoms with Crippen molar-refractivity contribution in [1.82, 2.24) is 15.5 Å². The Morgan fingerprint density at radius 2 is 1.68 bits per heavy atom. The van der Waals surface area contributed by atoms with Gasteiger partial charge in [0.1, 0.15) is 18.1 Å². The monoisotopic (exact) mass is 384 g/mol. The molecule has 2 aromatic rings. The average Bonchev–Trinajstić information content (AvgIpc) is 2.71. The van der Waals surface area contributed by atoms with Crippen LogP contribution in [0.15, 0.2) is 59.6 Å². The normalized spacial score (nSPS) is 11.4.